The zero-order valence-corrected chi connectivity index (χ0v) is 8.32. The molecular formula is C7H9OW-. The van der Waals surface area contributed by atoms with Gasteiger partial charge in [-0.2, -0.15) is 12.5 Å². The first-order valence-corrected chi connectivity index (χ1v) is 2.71. The van der Waals surface area contributed by atoms with Gasteiger partial charge >= 0.3 is 0 Å². The van der Waals surface area contributed by atoms with E-state index in [-0.39, 0.29) is 21.1 Å². The van der Waals surface area contributed by atoms with Crippen molar-refractivity contribution < 1.29 is 25.5 Å². The van der Waals surface area contributed by atoms with E-state index in [2.05, 4.69) is 13.8 Å². The van der Waals surface area contributed by atoms with Crippen molar-refractivity contribution in [3.63, 3.8) is 0 Å². The van der Waals surface area contributed by atoms with E-state index in [1.54, 1.807) is 12.5 Å². The monoisotopic (exact) mass is 293 g/mol. The minimum atomic E-state index is 0. The summed E-state index contributed by atoms with van der Waals surface area (Å²) in [5.74, 6) is 0. The summed E-state index contributed by atoms with van der Waals surface area (Å²) in [6.07, 6.45) is 4.41. The van der Waals surface area contributed by atoms with E-state index in [1.807, 2.05) is 0 Å². The Hall–Kier alpha value is -0.162. The Morgan fingerprint density at radius 3 is 2.44 bits per heavy atom. The molecule has 1 aromatic rings. The van der Waals surface area contributed by atoms with Gasteiger partial charge in [0.2, 0.25) is 0 Å². The first kappa shape index (κ1) is 8.84. The van der Waals surface area contributed by atoms with E-state index in [1.165, 1.54) is 5.56 Å². The largest absolute Gasteiger partial charge is 0.542 e. The van der Waals surface area contributed by atoms with Crippen LogP contribution in [0.1, 0.15) is 18.1 Å². The maximum atomic E-state index is 4.87. The average molecular weight is 293 g/mol. The van der Waals surface area contributed by atoms with E-state index in [0.717, 1.165) is 12.0 Å². The van der Waals surface area contributed by atoms with Crippen LogP contribution in [-0.4, -0.2) is 0 Å². The van der Waals surface area contributed by atoms with Gasteiger partial charge in [-0.15, -0.1) is 5.56 Å². The molecule has 0 aliphatic rings. The number of hydrogen-bond donors (Lipinski definition) is 0. The molecule has 0 aliphatic heterocycles. The van der Waals surface area contributed by atoms with Crippen LogP contribution in [0.5, 0.6) is 0 Å². The summed E-state index contributed by atoms with van der Waals surface area (Å²) < 4.78 is 4.87. The van der Waals surface area contributed by atoms with E-state index < -0.39 is 0 Å². The fraction of sp³-hybridized carbons (Fsp3) is 0.286. The molecule has 0 radical (unpaired) electrons. The topological polar surface area (TPSA) is 13.1 Å². The van der Waals surface area contributed by atoms with Crippen molar-refractivity contribution in [1.29, 1.82) is 0 Å². The number of furan rings is 1. The third-order valence-electron chi connectivity index (χ3n) is 1.21. The van der Waals surface area contributed by atoms with Crippen LogP contribution in [0.25, 0.3) is 0 Å². The van der Waals surface area contributed by atoms with Crippen molar-refractivity contribution in [3.8, 4) is 0 Å². The van der Waals surface area contributed by atoms with Gasteiger partial charge in [0, 0.05) is 27.3 Å². The Labute approximate surface area is 69.7 Å². The Kier molecular flexibility index (Phi) is 3.72. The predicted molar refractivity (Wildman–Crippen MR) is 32.5 cm³/mol. The van der Waals surface area contributed by atoms with E-state index in [0.29, 0.717) is 0 Å². The molecule has 0 saturated carbocycles. The van der Waals surface area contributed by atoms with Gasteiger partial charge in [-0.05, 0) is 6.26 Å². The summed E-state index contributed by atoms with van der Waals surface area (Å²) in [7, 11) is 0. The van der Waals surface area contributed by atoms with Gasteiger partial charge < -0.3 is 4.42 Å². The maximum absolute atomic E-state index is 4.87. The summed E-state index contributed by atoms with van der Waals surface area (Å²) in [4.78, 5) is 0. The molecule has 0 aromatic carbocycles. The first-order chi connectivity index (χ1) is 3.84. The Morgan fingerprint density at radius 1 is 1.56 bits per heavy atom. The molecule has 0 fully saturated rings. The van der Waals surface area contributed by atoms with Crippen LogP contribution in [0.4, 0.5) is 0 Å². The van der Waals surface area contributed by atoms with Gasteiger partial charge in [0.25, 0.3) is 0 Å². The van der Waals surface area contributed by atoms with Crippen LogP contribution in [-0.2, 0) is 27.5 Å². The van der Waals surface area contributed by atoms with Crippen LogP contribution in [0, 0.1) is 6.92 Å². The normalized spacial score (nSPS) is 8.56. The SMILES string of the molecule is [CH2-]c1cocc1CC.[W]. The predicted octanol–water partition coefficient (Wildman–Crippen LogP) is 2.02. The molecule has 0 amide bonds. The molecule has 1 heterocycles. The van der Waals surface area contributed by atoms with E-state index in [9.17, 15) is 0 Å². The van der Waals surface area contributed by atoms with Crippen LogP contribution in [0.15, 0.2) is 16.9 Å². The van der Waals surface area contributed by atoms with Crippen molar-refractivity contribution in [2.24, 2.45) is 0 Å². The van der Waals surface area contributed by atoms with E-state index in [4.69, 9.17) is 4.42 Å². The minimum absolute atomic E-state index is 0. The quantitative estimate of drug-likeness (QED) is 0.722. The number of aryl methyl sites for hydroxylation is 1. The molecule has 0 N–H and O–H groups in total. The molecule has 0 bridgehead atoms. The van der Waals surface area contributed by atoms with Crippen molar-refractivity contribution in [3.05, 3.63) is 30.6 Å². The van der Waals surface area contributed by atoms with Gasteiger partial charge in [-0.3, -0.25) is 0 Å². The molecule has 0 saturated heterocycles. The molecule has 1 nitrogen and oxygen atoms in total. The summed E-state index contributed by atoms with van der Waals surface area (Å²) in [6, 6.07) is 0. The molecule has 1 aromatic heterocycles. The van der Waals surface area contributed by atoms with Crippen LogP contribution in [0.2, 0.25) is 0 Å². The average Bonchev–Trinajstić information content (AvgIpc) is 2.14. The van der Waals surface area contributed by atoms with Crippen molar-refractivity contribution in [1.82, 2.24) is 0 Å². The zero-order valence-electron chi connectivity index (χ0n) is 5.39. The Bertz CT molecular complexity index is 169. The third kappa shape index (κ3) is 1.91. The molecule has 1 rings (SSSR count). The zero-order chi connectivity index (χ0) is 5.98. The van der Waals surface area contributed by atoms with Crippen molar-refractivity contribution in [2.75, 3.05) is 0 Å². The van der Waals surface area contributed by atoms with Gasteiger partial charge in [0.15, 0.2) is 0 Å². The second-order valence-corrected chi connectivity index (χ2v) is 1.78. The summed E-state index contributed by atoms with van der Waals surface area (Å²) in [5, 5.41) is 0. The number of hydrogen-bond acceptors (Lipinski definition) is 1. The van der Waals surface area contributed by atoms with Crippen LogP contribution < -0.4 is 0 Å². The summed E-state index contributed by atoms with van der Waals surface area (Å²) in [6.45, 7) is 5.84. The summed E-state index contributed by atoms with van der Waals surface area (Å²) >= 11 is 0. The smallest absolute Gasteiger partial charge is 0.0216 e. The van der Waals surface area contributed by atoms with Crippen LogP contribution in [0.3, 0.4) is 0 Å². The van der Waals surface area contributed by atoms with Gasteiger partial charge in [0.05, 0.1) is 0 Å². The standard InChI is InChI=1S/C7H9O.W/c1-3-7-5-8-4-6(7)2;/h4-5H,2-3H2,1H3;/q-1;. The number of rotatable bonds is 1. The maximum Gasteiger partial charge on any atom is 0.0216 e. The Morgan fingerprint density at radius 2 is 2.22 bits per heavy atom. The minimum Gasteiger partial charge on any atom is -0.542 e. The molecule has 0 spiro atoms. The van der Waals surface area contributed by atoms with E-state index >= 15 is 0 Å². The Balaban J connectivity index is 0.000000640. The fourth-order valence-electron chi connectivity index (χ4n) is 0.660. The molecule has 0 unspecified atom stereocenters. The molecule has 9 heavy (non-hydrogen) atoms. The molecule has 2 heteroatoms. The molecular weight excluding hydrogens is 284 g/mol. The van der Waals surface area contributed by atoms with Crippen molar-refractivity contribution in [2.45, 2.75) is 13.3 Å². The van der Waals surface area contributed by atoms with Crippen LogP contribution >= 0.6 is 0 Å². The molecule has 0 aliphatic carbocycles. The van der Waals surface area contributed by atoms with Gasteiger partial charge in [0.1, 0.15) is 0 Å². The fourth-order valence-corrected chi connectivity index (χ4v) is 0.660. The second kappa shape index (κ2) is 3.79. The third-order valence-corrected chi connectivity index (χ3v) is 1.21. The second-order valence-electron chi connectivity index (χ2n) is 1.78. The van der Waals surface area contributed by atoms with Gasteiger partial charge in [-0.25, -0.2) is 0 Å². The first-order valence-electron chi connectivity index (χ1n) is 2.71. The van der Waals surface area contributed by atoms with Crippen molar-refractivity contribution >= 4 is 0 Å². The molecule has 50 valence electrons. The van der Waals surface area contributed by atoms with Gasteiger partial charge in [-0.1, -0.05) is 13.3 Å². The summed E-state index contributed by atoms with van der Waals surface area (Å²) in [5.41, 5.74) is 2.21. The molecule has 0 atom stereocenters.